The average molecular weight is 173 g/mol. The fraction of sp³-hybridized carbons (Fsp3) is 0.200. The van der Waals surface area contributed by atoms with E-state index >= 15 is 0 Å². The van der Waals surface area contributed by atoms with Gasteiger partial charge in [0.1, 0.15) is 12.2 Å². The lowest BCUT2D eigenvalue weighted by molar-refractivity contribution is 0.839. The lowest BCUT2D eigenvalue weighted by Gasteiger charge is -2.02. The van der Waals surface area contributed by atoms with Crippen molar-refractivity contribution in [2.75, 3.05) is 0 Å². The summed E-state index contributed by atoms with van der Waals surface area (Å²) in [6, 6.07) is 8.19. The van der Waals surface area contributed by atoms with Crippen LogP contribution in [0, 0.1) is 13.8 Å². The summed E-state index contributed by atoms with van der Waals surface area (Å²) in [5, 5.41) is 4.13. The van der Waals surface area contributed by atoms with Gasteiger partial charge in [0.05, 0.1) is 5.69 Å². The van der Waals surface area contributed by atoms with Crippen LogP contribution in [0.1, 0.15) is 11.4 Å². The molecule has 0 amide bonds. The topological polar surface area (TPSA) is 30.7 Å². The van der Waals surface area contributed by atoms with Crippen molar-refractivity contribution in [1.82, 2.24) is 14.8 Å². The fourth-order valence-electron chi connectivity index (χ4n) is 1.31. The summed E-state index contributed by atoms with van der Waals surface area (Å²) in [7, 11) is 0. The molecule has 2 rings (SSSR count). The van der Waals surface area contributed by atoms with Gasteiger partial charge in [0.15, 0.2) is 0 Å². The molecule has 0 bridgehead atoms. The normalized spacial score (nSPS) is 10.3. The summed E-state index contributed by atoms with van der Waals surface area (Å²) in [6.07, 6.45) is 1.57. The molecule has 0 aliphatic heterocycles. The highest BCUT2D eigenvalue weighted by molar-refractivity contribution is 5.34. The Morgan fingerprint density at radius 3 is 2.69 bits per heavy atom. The Balaban J connectivity index is 2.53. The van der Waals surface area contributed by atoms with Gasteiger partial charge in [0, 0.05) is 0 Å². The second kappa shape index (κ2) is 3.01. The van der Waals surface area contributed by atoms with E-state index in [9.17, 15) is 0 Å². The maximum absolute atomic E-state index is 4.13. The Kier molecular flexibility index (Phi) is 1.85. The van der Waals surface area contributed by atoms with E-state index in [1.807, 2.05) is 23.7 Å². The van der Waals surface area contributed by atoms with Crippen LogP contribution in [0.25, 0.3) is 5.69 Å². The first kappa shape index (κ1) is 7.98. The molecule has 0 atom stereocenters. The molecular weight excluding hydrogens is 162 g/mol. The maximum atomic E-state index is 4.13. The Bertz CT molecular complexity index is 418. The first-order chi connectivity index (χ1) is 6.27. The van der Waals surface area contributed by atoms with Gasteiger partial charge in [-0.05, 0) is 31.5 Å². The summed E-state index contributed by atoms with van der Waals surface area (Å²) < 4.78 is 1.83. The molecule has 1 aromatic carbocycles. The highest BCUT2D eigenvalue weighted by Gasteiger charge is 2.00. The largest absolute Gasteiger partial charge is 0.220 e. The molecule has 13 heavy (non-hydrogen) atoms. The van der Waals surface area contributed by atoms with Crippen molar-refractivity contribution in [3.05, 3.63) is 42.0 Å². The van der Waals surface area contributed by atoms with E-state index in [4.69, 9.17) is 0 Å². The van der Waals surface area contributed by atoms with Crippen LogP contribution in [0.2, 0.25) is 0 Å². The Hall–Kier alpha value is -1.64. The van der Waals surface area contributed by atoms with E-state index in [1.54, 1.807) is 6.33 Å². The van der Waals surface area contributed by atoms with Crippen LogP contribution in [-0.4, -0.2) is 14.8 Å². The third-order valence-electron chi connectivity index (χ3n) is 1.96. The average Bonchev–Trinajstić information content (AvgIpc) is 2.51. The van der Waals surface area contributed by atoms with Crippen LogP contribution in [0.3, 0.4) is 0 Å². The van der Waals surface area contributed by atoms with Gasteiger partial charge in [-0.2, -0.15) is 5.10 Å². The molecule has 66 valence electrons. The van der Waals surface area contributed by atoms with Crippen LogP contribution in [-0.2, 0) is 0 Å². The van der Waals surface area contributed by atoms with Crippen LogP contribution in [0.4, 0.5) is 0 Å². The number of hydrogen-bond donors (Lipinski definition) is 0. The molecule has 0 radical (unpaired) electrons. The molecule has 0 unspecified atom stereocenters. The van der Waals surface area contributed by atoms with Crippen LogP contribution in [0.5, 0.6) is 0 Å². The lowest BCUT2D eigenvalue weighted by atomic mass is 10.2. The number of hydrogen-bond acceptors (Lipinski definition) is 2. The lowest BCUT2D eigenvalue weighted by Crippen LogP contribution is -1.98. The van der Waals surface area contributed by atoms with Crippen molar-refractivity contribution < 1.29 is 0 Å². The summed E-state index contributed by atoms with van der Waals surface area (Å²) in [5.41, 5.74) is 2.29. The summed E-state index contributed by atoms with van der Waals surface area (Å²) in [6.45, 7) is 4.01. The molecule has 1 aromatic heterocycles. The van der Waals surface area contributed by atoms with E-state index in [0.29, 0.717) is 0 Å². The SMILES string of the molecule is Cc1cccc(-n2ncnc2C)c1. The monoisotopic (exact) mass is 173 g/mol. The highest BCUT2D eigenvalue weighted by atomic mass is 15.3. The second-order valence-electron chi connectivity index (χ2n) is 3.06. The van der Waals surface area contributed by atoms with E-state index in [1.165, 1.54) is 5.56 Å². The first-order valence-electron chi connectivity index (χ1n) is 4.21. The predicted molar refractivity (Wildman–Crippen MR) is 50.8 cm³/mol. The van der Waals surface area contributed by atoms with E-state index in [2.05, 4.69) is 29.1 Å². The number of aryl methyl sites for hydroxylation is 2. The zero-order chi connectivity index (χ0) is 9.26. The molecule has 0 fully saturated rings. The molecular formula is C10H11N3. The molecule has 0 spiro atoms. The molecule has 0 aliphatic rings. The Labute approximate surface area is 77.0 Å². The zero-order valence-electron chi connectivity index (χ0n) is 7.73. The van der Waals surface area contributed by atoms with Crippen LogP contribution in [0.15, 0.2) is 30.6 Å². The van der Waals surface area contributed by atoms with Crippen molar-refractivity contribution >= 4 is 0 Å². The van der Waals surface area contributed by atoms with E-state index in [0.717, 1.165) is 11.5 Å². The Morgan fingerprint density at radius 2 is 2.08 bits per heavy atom. The molecule has 0 saturated carbocycles. The number of nitrogens with zero attached hydrogens (tertiary/aromatic N) is 3. The molecule has 1 heterocycles. The van der Waals surface area contributed by atoms with Crippen molar-refractivity contribution in [1.29, 1.82) is 0 Å². The first-order valence-corrected chi connectivity index (χ1v) is 4.21. The predicted octanol–water partition coefficient (Wildman–Crippen LogP) is 1.88. The van der Waals surface area contributed by atoms with Crippen molar-refractivity contribution in [3.8, 4) is 5.69 Å². The second-order valence-corrected chi connectivity index (χ2v) is 3.06. The molecule has 3 heteroatoms. The van der Waals surface area contributed by atoms with Crippen molar-refractivity contribution in [2.24, 2.45) is 0 Å². The van der Waals surface area contributed by atoms with Gasteiger partial charge in [-0.15, -0.1) is 0 Å². The number of aromatic nitrogens is 3. The van der Waals surface area contributed by atoms with Crippen LogP contribution >= 0.6 is 0 Å². The van der Waals surface area contributed by atoms with E-state index < -0.39 is 0 Å². The van der Waals surface area contributed by atoms with Gasteiger partial charge in [0.25, 0.3) is 0 Å². The smallest absolute Gasteiger partial charge is 0.138 e. The van der Waals surface area contributed by atoms with Gasteiger partial charge in [-0.25, -0.2) is 9.67 Å². The minimum absolute atomic E-state index is 0.908. The van der Waals surface area contributed by atoms with E-state index in [-0.39, 0.29) is 0 Å². The quantitative estimate of drug-likeness (QED) is 0.659. The molecule has 2 aromatic rings. The molecule has 0 N–H and O–H groups in total. The minimum atomic E-state index is 0.908. The van der Waals surface area contributed by atoms with Crippen molar-refractivity contribution in [3.63, 3.8) is 0 Å². The third kappa shape index (κ3) is 1.45. The third-order valence-corrected chi connectivity index (χ3v) is 1.96. The number of rotatable bonds is 1. The minimum Gasteiger partial charge on any atom is -0.220 e. The maximum Gasteiger partial charge on any atom is 0.138 e. The number of benzene rings is 1. The fourth-order valence-corrected chi connectivity index (χ4v) is 1.31. The van der Waals surface area contributed by atoms with Gasteiger partial charge < -0.3 is 0 Å². The van der Waals surface area contributed by atoms with Gasteiger partial charge in [-0.1, -0.05) is 12.1 Å². The van der Waals surface area contributed by atoms with Gasteiger partial charge in [-0.3, -0.25) is 0 Å². The molecule has 0 saturated heterocycles. The highest BCUT2D eigenvalue weighted by Crippen LogP contribution is 2.09. The summed E-state index contributed by atoms with van der Waals surface area (Å²) in [4.78, 5) is 4.07. The van der Waals surface area contributed by atoms with Gasteiger partial charge >= 0.3 is 0 Å². The summed E-state index contributed by atoms with van der Waals surface area (Å²) in [5.74, 6) is 0.908. The molecule has 0 aliphatic carbocycles. The van der Waals surface area contributed by atoms with Crippen molar-refractivity contribution in [2.45, 2.75) is 13.8 Å². The Morgan fingerprint density at radius 1 is 1.23 bits per heavy atom. The molecule has 3 nitrogen and oxygen atoms in total. The standard InChI is InChI=1S/C10H11N3/c1-8-4-3-5-10(6-8)13-9(2)11-7-12-13/h3-7H,1-2H3. The summed E-state index contributed by atoms with van der Waals surface area (Å²) >= 11 is 0. The zero-order valence-corrected chi connectivity index (χ0v) is 7.73. The van der Waals surface area contributed by atoms with Crippen LogP contribution < -0.4 is 0 Å². The van der Waals surface area contributed by atoms with Gasteiger partial charge in [0.2, 0.25) is 0 Å².